The summed E-state index contributed by atoms with van der Waals surface area (Å²) >= 11 is 0. The van der Waals surface area contributed by atoms with Crippen molar-refractivity contribution >= 4 is 5.91 Å². The Morgan fingerprint density at radius 2 is 2.41 bits per heavy atom. The summed E-state index contributed by atoms with van der Waals surface area (Å²) < 4.78 is 0. The third-order valence-corrected chi connectivity index (χ3v) is 2.97. The second-order valence-electron chi connectivity index (χ2n) is 4.47. The number of nitrogens with zero attached hydrogens (tertiary/aromatic N) is 2. The Morgan fingerprint density at radius 3 is 3.00 bits per heavy atom. The first-order chi connectivity index (χ1) is 8.31. The van der Waals surface area contributed by atoms with Crippen LogP contribution in [0.3, 0.4) is 0 Å². The fourth-order valence-corrected chi connectivity index (χ4v) is 1.87. The lowest BCUT2D eigenvalue weighted by Crippen LogP contribution is -2.34. The molecular weight excluding hydrogens is 214 g/mol. The number of nitrogens with one attached hydrogen (secondary N) is 1. The molecule has 4 nitrogen and oxygen atoms in total. The molecule has 1 fully saturated rings. The van der Waals surface area contributed by atoms with E-state index in [4.69, 9.17) is 0 Å². The molecule has 0 spiro atoms. The Bertz CT molecular complexity index is 362. The van der Waals surface area contributed by atoms with E-state index in [0.717, 1.165) is 24.9 Å². The highest BCUT2D eigenvalue weighted by Crippen LogP contribution is 2.28. The fourth-order valence-electron chi connectivity index (χ4n) is 1.87. The predicted octanol–water partition coefficient (Wildman–Crippen LogP) is 1.18. The van der Waals surface area contributed by atoms with Gasteiger partial charge in [0.2, 0.25) is 5.91 Å². The van der Waals surface area contributed by atoms with Crippen molar-refractivity contribution in [3.63, 3.8) is 0 Å². The van der Waals surface area contributed by atoms with Crippen molar-refractivity contribution in [2.24, 2.45) is 0 Å². The van der Waals surface area contributed by atoms with Gasteiger partial charge in [0.25, 0.3) is 0 Å². The summed E-state index contributed by atoms with van der Waals surface area (Å²) in [6.45, 7) is 1.44. The highest BCUT2D eigenvalue weighted by molar-refractivity contribution is 5.77. The van der Waals surface area contributed by atoms with Crippen LogP contribution in [0, 0.1) is 0 Å². The van der Waals surface area contributed by atoms with Crippen molar-refractivity contribution in [2.75, 3.05) is 13.6 Å². The van der Waals surface area contributed by atoms with E-state index in [9.17, 15) is 4.79 Å². The Labute approximate surface area is 102 Å². The lowest BCUT2D eigenvalue weighted by atomic mass is 10.2. The topological polar surface area (TPSA) is 45.2 Å². The van der Waals surface area contributed by atoms with Gasteiger partial charge in [0.15, 0.2) is 0 Å². The van der Waals surface area contributed by atoms with Crippen LogP contribution in [0.5, 0.6) is 0 Å². The molecule has 0 aliphatic heterocycles. The lowest BCUT2D eigenvalue weighted by Gasteiger charge is -2.22. The molecule has 2 rings (SSSR count). The number of pyridine rings is 1. The fraction of sp³-hybridized carbons (Fsp3) is 0.538. The number of rotatable bonds is 6. The van der Waals surface area contributed by atoms with Gasteiger partial charge in [-0.15, -0.1) is 0 Å². The summed E-state index contributed by atoms with van der Waals surface area (Å²) in [7, 11) is 1.87. The molecule has 1 aliphatic carbocycles. The summed E-state index contributed by atoms with van der Waals surface area (Å²) in [5.41, 5.74) is 1.11. The van der Waals surface area contributed by atoms with E-state index in [1.165, 1.54) is 0 Å². The van der Waals surface area contributed by atoms with Gasteiger partial charge in [-0.2, -0.15) is 0 Å². The number of amides is 1. The standard InChI is InChI=1S/C13H19N3O/c1-14-8-6-13(17)16(12-4-5-12)10-11-3-2-7-15-9-11/h2-3,7,9,12,14H,4-6,8,10H2,1H3. The third-order valence-electron chi connectivity index (χ3n) is 2.97. The van der Waals surface area contributed by atoms with Gasteiger partial charge in [-0.25, -0.2) is 0 Å². The molecule has 4 heteroatoms. The van der Waals surface area contributed by atoms with E-state index in [1.807, 2.05) is 30.3 Å². The lowest BCUT2D eigenvalue weighted by molar-refractivity contribution is -0.132. The van der Waals surface area contributed by atoms with Crippen molar-refractivity contribution in [3.05, 3.63) is 30.1 Å². The third kappa shape index (κ3) is 3.53. The van der Waals surface area contributed by atoms with Crippen LogP contribution in [0.2, 0.25) is 0 Å². The molecule has 0 aromatic carbocycles. The molecule has 1 aliphatic rings. The molecule has 1 aromatic rings. The number of hydrogen-bond acceptors (Lipinski definition) is 3. The monoisotopic (exact) mass is 233 g/mol. The zero-order valence-electron chi connectivity index (χ0n) is 10.2. The van der Waals surface area contributed by atoms with Crippen LogP contribution in [0.25, 0.3) is 0 Å². The van der Waals surface area contributed by atoms with Crippen LogP contribution < -0.4 is 5.32 Å². The molecule has 0 bridgehead atoms. The van der Waals surface area contributed by atoms with Crippen LogP contribution in [-0.2, 0) is 11.3 Å². The van der Waals surface area contributed by atoms with Crippen molar-refractivity contribution in [1.29, 1.82) is 0 Å². The summed E-state index contributed by atoms with van der Waals surface area (Å²) in [4.78, 5) is 18.1. The van der Waals surface area contributed by atoms with Crippen molar-refractivity contribution in [2.45, 2.75) is 31.8 Å². The first-order valence-corrected chi connectivity index (χ1v) is 6.14. The minimum atomic E-state index is 0.241. The first kappa shape index (κ1) is 12.0. The molecule has 1 aromatic heterocycles. The molecular formula is C13H19N3O. The van der Waals surface area contributed by atoms with Crippen molar-refractivity contribution < 1.29 is 4.79 Å². The highest BCUT2D eigenvalue weighted by Gasteiger charge is 2.31. The van der Waals surface area contributed by atoms with Gasteiger partial charge in [0.1, 0.15) is 0 Å². The predicted molar refractivity (Wildman–Crippen MR) is 66.4 cm³/mol. The van der Waals surface area contributed by atoms with Crippen LogP contribution in [0.15, 0.2) is 24.5 Å². The molecule has 0 radical (unpaired) electrons. The zero-order valence-corrected chi connectivity index (χ0v) is 10.2. The van der Waals surface area contributed by atoms with Gasteiger partial charge in [-0.1, -0.05) is 6.07 Å². The molecule has 1 saturated carbocycles. The summed E-state index contributed by atoms with van der Waals surface area (Å²) in [6.07, 6.45) is 6.46. The van der Waals surface area contributed by atoms with Gasteiger partial charge >= 0.3 is 0 Å². The highest BCUT2D eigenvalue weighted by atomic mass is 16.2. The summed E-state index contributed by atoms with van der Waals surface area (Å²) in [6, 6.07) is 4.39. The van der Waals surface area contributed by atoms with E-state index >= 15 is 0 Å². The van der Waals surface area contributed by atoms with Crippen molar-refractivity contribution in [3.8, 4) is 0 Å². The van der Waals surface area contributed by atoms with Crippen LogP contribution in [0.4, 0.5) is 0 Å². The maximum Gasteiger partial charge on any atom is 0.224 e. The Morgan fingerprint density at radius 1 is 1.59 bits per heavy atom. The van der Waals surface area contributed by atoms with Gasteiger partial charge in [0, 0.05) is 37.9 Å². The number of hydrogen-bond donors (Lipinski definition) is 1. The smallest absolute Gasteiger partial charge is 0.224 e. The maximum absolute atomic E-state index is 12.1. The van der Waals surface area contributed by atoms with Gasteiger partial charge < -0.3 is 10.2 Å². The molecule has 17 heavy (non-hydrogen) atoms. The molecule has 1 amide bonds. The number of carbonyl (C=O) groups excluding carboxylic acids is 1. The second-order valence-corrected chi connectivity index (χ2v) is 4.47. The van der Waals surface area contributed by atoms with E-state index < -0.39 is 0 Å². The van der Waals surface area contributed by atoms with Crippen LogP contribution >= 0.6 is 0 Å². The molecule has 0 unspecified atom stereocenters. The zero-order chi connectivity index (χ0) is 12.1. The number of carbonyl (C=O) groups is 1. The Balaban J connectivity index is 1.95. The van der Waals surface area contributed by atoms with Crippen LogP contribution in [0.1, 0.15) is 24.8 Å². The van der Waals surface area contributed by atoms with E-state index in [2.05, 4.69) is 10.3 Å². The quantitative estimate of drug-likeness (QED) is 0.802. The van der Waals surface area contributed by atoms with E-state index in [-0.39, 0.29) is 5.91 Å². The maximum atomic E-state index is 12.1. The molecule has 1 N–H and O–H groups in total. The van der Waals surface area contributed by atoms with Crippen molar-refractivity contribution in [1.82, 2.24) is 15.2 Å². The normalized spacial score (nSPS) is 14.6. The van der Waals surface area contributed by atoms with Crippen LogP contribution in [-0.4, -0.2) is 35.4 Å². The molecule has 92 valence electrons. The average Bonchev–Trinajstić information content (AvgIpc) is 3.18. The molecule has 0 atom stereocenters. The molecule has 1 heterocycles. The second kappa shape index (κ2) is 5.77. The molecule has 0 saturated heterocycles. The Kier molecular flexibility index (Phi) is 4.09. The largest absolute Gasteiger partial charge is 0.335 e. The van der Waals surface area contributed by atoms with Gasteiger partial charge in [0.05, 0.1) is 0 Å². The first-order valence-electron chi connectivity index (χ1n) is 6.14. The van der Waals surface area contributed by atoms with E-state index in [1.54, 1.807) is 6.20 Å². The SMILES string of the molecule is CNCCC(=O)N(Cc1cccnc1)C1CC1. The minimum Gasteiger partial charge on any atom is -0.335 e. The van der Waals surface area contributed by atoms with Gasteiger partial charge in [-0.3, -0.25) is 9.78 Å². The summed E-state index contributed by atoms with van der Waals surface area (Å²) in [5, 5.41) is 3.02. The van der Waals surface area contributed by atoms with Gasteiger partial charge in [-0.05, 0) is 31.5 Å². The number of aromatic nitrogens is 1. The average molecular weight is 233 g/mol. The van der Waals surface area contributed by atoms with E-state index in [0.29, 0.717) is 19.0 Å². The Hall–Kier alpha value is -1.42. The minimum absolute atomic E-state index is 0.241. The summed E-state index contributed by atoms with van der Waals surface area (Å²) in [5.74, 6) is 0.241.